The van der Waals surface area contributed by atoms with E-state index in [0.717, 1.165) is 0 Å². The Bertz CT molecular complexity index is 505. The van der Waals surface area contributed by atoms with Crippen LogP contribution in [-0.4, -0.2) is 21.7 Å². The standard InChI is InChI=1S/C8H10FO4PS/c1-14(2,10)8-5-3-4-7(6-8)13-15(9,11)12/h3-6H,1-2H3. The van der Waals surface area contributed by atoms with Crippen molar-refractivity contribution < 1.29 is 21.1 Å². The summed E-state index contributed by atoms with van der Waals surface area (Å²) in [6.07, 6.45) is 0. The monoisotopic (exact) mass is 252 g/mol. The molecule has 0 N–H and O–H groups in total. The van der Waals surface area contributed by atoms with Crippen LogP contribution < -0.4 is 9.49 Å². The van der Waals surface area contributed by atoms with E-state index >= 15 is 0 Å². The van der Waals surface area contributed by atoms with Crippen LogP contribution in [0, 0.1) is 0 Å². The first-order chi connectivity index (χ1) is 6.68. The van der Waals surface area contributed by atoms with E-state index in [9.17, 15) is 16.9 Å². The predicted octanol–water partition coefficient (Wildman–Crippen LogP) is 1.53. The lowest BCUT2D eigenvalue weighted by molar-refractivity contribution is 0.440. The molecule has 0 amide bonds. The third-order valence-corrected chi connectivity index (χ3v) is 3.55. The van der Waals surface area contributed by atoms with Gasteiger partial charge in [0, 0.05) is 5.30 Å². The summed E-state index contributed by atoms with van der Waals surface area (Å²) in [6, 6.07) is 5.54. The van der Waals surface area contributed by atoms with Gasteiger partial charge >= 0.3 is 10.5 Å². The summed E-state index contributed by atoms with van der Waals surface area (Å²) in [5, 5.41) is 0.434. The van der Waals surface area contributed by atoms with Gasteiger partial charge in [0.05, 0.1) is 0 Å². The quantitative estimate of drug-likeness (QED) is 0.604. The molecule has 1 aromatic carbocycles. The Balaban J connectivity index is 3.10. The van der Waals surface area contributed by atoms with Crippen LogP contribution in [0.1, 0.15) is 0 Å². The molecule has 0 fully saturated rings. The van der Waals surface area contributed by atoms with Crippen molar-refractivity contribution in [1.82, 2.24) is 0 Å². The van der Waals surface area contributed by atoms with Crippen LogP contribution in [-0.2, 0) is 15.1 Å². The zero-order valence-corrected chi connectivity index (χ0v) is 9.89. The number of rotatable bonds is 3. The maximum Gasteiger partial charge on any atom is 0.488 e. The van der Waals surface area contributed by atoms with Crippen LogP contribution in [0.5, 0.6) is 5.75 Å². The van der Waals surface area contributed by atoms with Crippen molar-refractivity contribution in [2.75, 3.05) is 13.3 Å². The van der Waals surface area contributed by atoms with Gasteiger partial charge in [0.1, 0.15) is 12.9 Å². The van der Waals surface area contributed by atoms with Crippen LogP contribution in [0.15, 0.2) is 24.3 Å². The van der Waals surface area contributed by atoms with Crippen molar-refractivity contribution >= 4 is 23.0 Å². The minimum absolute atomic E-state index is 0.182. The first kappa shape index (κ1) is 12.2. The normalized spacial score (nSPS) is 12.5. The fraction of sp³-hybridized carbons (Fsp3) is 0.250. The molecule has 0 saturated heterocycles. The highest BCUT2D eigenvalue weighted by Crippen LogP contribution is 2.35. The second-order valence-corrected chi connectivity index (χ2v) is 7.50. The molecule has 1 aromatic rings. The van der Waals surface area contributed by atoms with Gasteiger partial charge in [0.2, 0.25) is 0 Å². The summed E-state index contributed by atoms with van der Waals surface area (Å²) < 4.78 is 48.2. The average Bonchev–Trinajstić information content (AvgIpc) is 1.99. The zero-order valence-electron chi connectivity index (χ0n) is 8.18. The van der Waals surface area contributed by atoms with Crippen molar-refractivity contribution in [3.05, 3.63) is 24.3 Å². The molecule has 0 heterocycles. The van der Waals surface area contributed by atoms with Crippen LogP contribution in [0.2, 0.25) is 0 Å². The lowest BCUT2D eigenvalue weighted by atomic mass is 10.3. The van der Waals surface area contributed by atoms with E-state index in [1.807, 2.05) is 0 Å². The zero-order chi connectivity index (χ0) is 11.7. The first-order valence-corrected chi connectivity index (χ1v) is 7.89. The first-order valence-electron chi connectivity index (χ1n) is 3.98. The molecular weight excluding hydrogens is 242 g/mol. The lowest BCUT2D eigenvalue weighted by Gasteiger charge is -2.07. The minimum Gasteiger partial charge on any atom is -0.358 e. The number of benzene rings is 1. The van der Waals surface area contributed by atoms with Gasteiger partial charge in [-0.15, -0.1) is 0 Å². The Kier molecular flexibility index (Phi) is 3.21. The van der Waals surface area contributed by atoms with Crippen LogP contribution in [0.25, 0.3) is 0 Å². The minimum atomic E-state index is -5.03. The van der Waals surface area contributed by atoms with E-state index in [1.54, 1.807) is 6.07 Å². The Morgan fingerprint density at radius 1 is 1.33 bits per heavy atom. The topological polar surface area (TPSA) is 60.4 Å². The largest absolute Gasteiger partial charge is 0.488 e. The molecule has 0 aliphatic heterocycles. The molecule has 0 saturated carbocycles. The summed E-state index contributed by atoms with van der Waals surface area (Å²) in [6.45, 7) is 3.05. The van der Waals surface area contributed by atoms with E-state index in [4.69, 9.17) is 0 Å². The summed E-state index contributed by atoms with van der Waals surface area (Å²) >= 11 is 0. The molecule has 0 radical (unpaired) electrons. The summed E-state index contributed by atoms with van der Waals surface area (Å²) in [5.74, 6) is -0.182. The van der Waals surface area contributed by atoms with Crippen molar-refractivity contribution in [2.45, 2.75) is 0 Å². The highest BCUT2D eigenvalue weighted by atomic mass is 32.3. The number of hydrogen-bond acceptors (Lipinski definition) is 4. The molecule has 4 nitrogen and oxygen atoms in total. The molecule has 0 aromatic heterocycles. The Morgan fingerprint density at radius 3 is 2.40 bits per heavy atom. The van der Waals surface area contributed by atoms with Gasteiger partial charge in [-0.1, -0.05) is 16.0 Å². The molecule has 0 unspecified atom stereocenters. The van der Waals surface area contributed by atoms with Crippen LogP contribution >= 0.6 is 7.14 Å². The van der Waals surface area contributed by atoms with Gasteiger partial charge < -0.3 is 8.75 Å². The SMILES string of the molecule is CP(C)(=O)c1cccc(OS(=O)(=O)F)c1. The highest BCUT2D eigenvalue weighted by Gasteiger charge is 2.14. The van der Waals surface area contributed by atoms with Crippen molar-refractivity contribution in [2.24, 2.45) is 0 Å². The second kappa shape index (κ2) is 3.94. The molecule has 0 bridgehead atoms. The summed E-state index contributed by atoms with van der Waals surface area (Å²) in [4.78, 5) is 0. The van der Waals surface area contributed by atoms with Gasteiger partial charge in [-0.05, 0) is 25.5 Å². The Hall–Kier alpha value is -0.870. The highest BCUT2D eigenvalue weighted by molar-refractivity contribution is 7.81. The number of hydrogen-bond donors (Lipinski definition) is 0. The van der Waals surface area contributed by atoms with Gasteiger partial charge in [-0.2, -0.15) is 8.42 Å². The van der Waals surface area contributed by atoms with E-state index in [-0.39, 0.29) is 5.75 Å². The Labute approximate surface area is 87.9 Å². The number of halogens is 1. The molecule has 84 valence electrons. The van der Waals surface area contributed by atoms with Crippen LogP contribution in [0.4, 0.5) is 3.89 Å². The fourth-order valence-corrected chi connectivity index (χ4v) is 2.20. The fourth-order valence-electron chi connectivity index (χ4n) is 0.985. The molecule has 1 rings (SSSR count). The van der Waals surface area contributed by atoms with Gasteiger partial charge in [-0.25, -0.2) is 0 Å². The van der Waals surface area contributed by atoms with E-state index in [1.165, 1.54) is 31.5 Å². The third-order valence-electron chi connectivity index (χ3n) is 1.64. The van der Waals surface area contributed by atoms with Crippen LogP contribution in [0.3, 0.4) is 0 Å². The molecule has 0 aliphatic rings. The lowest BCUT2D eigenvalue weighted by Crippen LogP contribution is -2.06. The maximum absolute atomic E-state index is 12.2. The predicted molar refractivity (Wildman–Crippen MR) is 56.2 cm³/mol. The molecule has 0 spiro atoms. The average molecular weight is 252 g/mol. The maximum atomic E-state index is 12.2. The smallest absolute Gasteiger partial charge is 0.358 e. The van der Waals surface area contributed by atoms with Gasteiger partial charge in [0.15, 0.2) is 0 Å². The molecule has 7 heteroatoms. The third kappa shape index (κ3) is 4.01. The van der Waals surface area contributed by atoms with Gasteiger partial charge in [0.25, 0.3) is 0 Å². The Morgan fingerprint density at radius 2 is 1.93 bits per heavy atom. The molecule has 0 atom stereocenters. The van der Waals surface area contributed by atoms with E-state index in [2.05, 4.69) is 4.18 Å². The van der Waals surface area contributed by atoms with Crippen molar-refractivity contribution in [3.63, 3.8) is 0 Å². The second-order valence-electron chi connectivity index (χ2n) is 3.32. The van der Waals surface area contributed by atoms with Crippen molar-refractivity contribution in [1.29, 1.82) is 0 Å². The molecule has 0 aliphatic carbocycles. The molecule has 15 heavy (non-hydrogen) atoms. The van der Waals surface area contributed by atoms with Crippen molar-refractivity contribution in [3.8, 4) is 5.75 Å². The molecular formula is C8H10FO4PS. The summed E-state index contributed by atoms with van der Waals surface area (Å²) in [5.41, 5.74) is 0. The van der Waals surface area contributed by atoms with E-state index < -0.39 is 17.6 Å². The summed E-state index contributed by atoms with van der Waals surface area (Å²) in [7, 11) is -7.54. The van der Waals surface area contributed by atoms with E-state index in [0.29, 0.717) is 5.30 Å². The van der Waals surface area contributed by atoms with Gasteiger partial charge in [-0.3, -0.25) is 0 Å².